The molecule has 1 saturated carbocycles. The molecule has 100 valence electrons. The molecule has 3 heteroatoms. The molecule has 0 unspecified atom stereocenters. The molecule has 1 aliphatic rings. The van der Waals surface area contributed by atoms with E-state index in [-0.39, 0.29) is 0 Å². The third-order valence-electron chi connectivity index (χ3n) is 4.30. The van der Waals surface area contributed by atoms with Crippen molar-refractivity contribution in [3.05, 3.63) is 35.9 Å². The van der Waals surface area contributed by atoms with Gasteiger partial charge in [-0.05, 0) is 30.2 Å². The van der Waals surface area contributed by atoms with E-state index in [0.717, 1.165) is 11.6 Å². The molecule has 3 nitrogen and oxygen atoms in total. The molecule has 0 bridgehead atoms. The highest BCUT2D eigenvalue weighted by Gasteiger charge is 2.22. The Morgan fingerprint density at radius 2 is 1.89 bits per heavy atom. The van der Waals surface area contributed by atoms with E-state index in [1.165, 1.54) is 36.8 Å². The Labute approximate surface area is 114 Å². The number of benzene rings is 1. The maximum Gasteiger partial charge on any atom is 0.145 e. The molecule has 19 heavy (non-hydrogen) atoms. The molecule has 1 heterocycles. The Hall–Kier alpha value is -1.77. The fourth-order valence-electron chi connectivity index (χ4n) is 3.14. The number of H-pyrrole nitrogens is 1. The van der Waals surface area contributed by atoms with Gasteiger partial charge in [-0.2, -0.15) is 5.10 Å². The van der Waals surface area contributed by atoms with Gasteiger partial charge >= 0.3 is 0 Å². The van der Waals surface area contributed by atoms with Gasteiger partial charge in [0.05, 0.1) is 5.69 Å². The van der Waals surface area contributed by atoms with Gasteiger partial charge < -0.3 is 5.73 Å². The molecule has 1 aromatic carbocycles. The lowest BCUT2D eigenvalue weighted by atomic mass is 9.78. The molecule has 1 aliphatic carbocycles. The average Bonchev–Trinajstić information content (AvgIpc) is 2.86. The van der Waals surface area contributed by atoms with Crippen LogP contribution in [-0.2, 0) is 0 Å². The maximum atomic E-state index is 5.72. The molecule has 2 aromatic rings. The Morgan fingerprint density at radius 3 is 2.58 bits per heavy atom. The second-order valence-corrected chi connectivity index (χ2v) is 5.75. The maximum absolute atomic E-state index is 5.72. The predicted molar refractivity (Wildman–Crippen MR) is 78.8 cm³/mol. The minimum atomic E-state index is 0.557. The molecular weight excluding hydrogens is 234 g/mol. The van der Waals surface area contributed by atoms with Crippen molar-refractivity contribution in [3.8, 4) is 11.3 Å². The lowest BCUT2D eigenvalue weighted by molar-refractivity contribution is 0.348. The first-order valence-electron chi connectivity index (χ1n) is 7.14. The molecule has 0 radical (unpaired) electrons. The number of nitrogens with two attached hydrogens (primary N) is 1. The third kappa shape index (κ3) is 2.50. The van der Waals surface area contributed by atoms with Gasteiger partial charge in [0.1, 0.15) is 5.82 Å². The summed E-state index contributed by atoms with van der Waals surface area (Å²) in [6, 6.07) is 10.6. The van der Waals surface area contributed by atoms with Crippen LogP contribution in [0.3, 0.4) is 0 Å². The van der Waals surface area contributed by atoms with E-state index in [4.69, 9.17) is 5.73 Å². The summed E-state index contributed by atoms with van der Waals surface area (Å²) in [6.45, 7) is 2.36. The number of rotatable bonds is 2. The predicted octanol–water partition coefficient (Wildman–Crippen LogP) is 3.95. The van der Waals surface area contributed by atoms with Crippen LogP contribution in [-0.4, -0.2) is 10.2 Å². The van der Waals surface area contributed by atoms with Crippen LogP contribution in [0.5, 0.6) is 0 Å². The highest BCUT2D eigenvalue weighted by Crippen LogP contribution is 2.39. The summed E-state index contributed by atoms with van der Waals surface area (Å²) in [7, 11) is 0. The summed E-state index contributed by atoms with van der Waals surface area (Å²) in [5.41, 5.74) is 9.45. The van der Waals surface area contributed by atoms with E-state index in [0.29, 0.717) is 11.7 Å². The van der Waals surface area contributed by atoms with Crippen molar-refractivity contribution in [2.24, 2.45) is 5.92 Å². The second kappa shape index (κ2) is 5.08. The summed E-state index contributed by atoms with van der Waals surface area (Å²) < 4.78 is 0. The molecule has 3 rings (SSSR count). The molecule has 1 aromatic heterocycles. The first-order chi connectivity index (χ1) is 9.24. The van der Waals surface area contributed by atoms with Crippen molar-refractivity contribution >= 4 is 5.82 Å². The van der Waals surface area contributed by atoms with E-state index in [1.807, 2.05) is 6.07 Å². The second-order valence-electron chi connectivity index (χ2n) is 5.75. The fourth-order valence-corrected chi connectivity index (χ4v) is 3.14. The van der Waals surface area contributed by atoms with Gasteiger partial charge in [0.25, 0.3) is 0 Å². The zero-order chi connectivity index (χ0) is 13.2. The summed E-state index contributed by atoms with van der Waals surface area (Å²) in [6.07, 6.45) is 5.26. The normalized spacial score (nSPS) is 23.4. The van der Waals surface area contributed by atoms with E-state index >= 15 is 0 Å². The molecule has 3 N–H and O–H groups in total. The number of aromatic amines is 1. The van der Waals surface area contributed by atoms with Crippen LogP contribution in [0.2, 0.25) is 0 Å². The van der Waals surface area contributed by atoms with Crippen LogP contribution in [0.25, 0.3) is 11.3 Å². The Balaban J connectivity index is 1.93. The quantitative estimate of drug-likeness (QED) is 0.853. The van der Waals surface area contributed by atoms with Crippen LogP contribution >= 0.6 is 0 Å². The standard InChI is InChI=1S/C16H21N3/c1-11-6-8-12(9-7-11)13-4-2-3-5-14(13)15-10-16(17)19-18-15/h2-5,10-12H,6-9H2,1H3,(H3,17,18,19). The number of nitrogens with one attached hydrogen (secondary N) is 1. The summed E-state index contributed by atoms with van der Waals surface area (Å²) in [5, 5.41) is 7.08. The minimum absolute atomic E-state index is 0.557. The topological polar surface area (TPSA) is 54.7 Å². The lowest BCUT2D eigenvalue weighted by Crippen LogP contribution is -2.11. The van der Waals surface area contributed by atoms with Crippen molar-refractivity contribution in [1.29, 1.82) is 0 Å². The van der Waals surface area contributed by atoms with Gasteiger partial charge in [-0.3, -0.25) is 5.10 Å². The SMILES string of the molecule is CC1CCC(c2ccccc2-c2cc(N)n[nH]2)CC1. The lowest BCUT2D eigenvalue weighted by Gasteiger charge is -2.27. The van der Waals surface area contributed by atoms with Crippen LogP contribution < -0.4 is 5.73 Å². The van der Waals surface area contributed by atoms with Gasteiger partial charge in [-0.25, -0.2) is 0 Å². The number of aromatic nitrogens is 2. The molecule has 0 atom stereocenters. The summed E-state index contributed by atoms with van der Waals surface area (Å²) in [4.78, 5) is 0. The number of hydrogen-bond acceptors (Lipinski definition) is 2. The number of hydrogen-bond donors (Lipinski definition) is 2. The Kier molecular flexibility index (Phi) is 3.28. The molecule has 0 amide bonds. The van der Waals surface area contributed by atoms with Crippen molar-refractivity contribution in [1.82, 2.24) is 10.2 Å². The highest BCUT2D eigenvalue weighted by molar-refractivity contribution is 5.66. The monoisotopic (exact) mass is 255 g/mol. The zero-order valence-corrected chi connectivity index (χ0v) is 11.4. The van der Waals surface area contributed by atoms with Crippen LogP contribution in [0, 0.1) is 5.92 Å². The third-order valence-corrected chi connectivity index (χ3v) is 4.30. The molecular formula is C16H21N3. The minimum Gasteiger partial charge on any atom is -0.382 e. The first kappa shape index (κ1) is 12.3. The molecule has 0 saturated heterocycles. The van der Waals surface area contributed by atoms with Crippen molar-refractivity contribution < 1.29 is 0 Å². The smallest absolute Gasteiger partial charge is 0.145 e. The Bertz CT molecular complexity index is 551. The van der Waals surface area contributed by atoms with Gasteiger partial charge in [0.15, 0.2) is 0 Å². The largest absolute Gasteiger partial charge is 0.382 e. The zero-order valence-electron chi connectivity index (χ0n) is 11.4. The van der Waals surface area contributed by atoms with Gasteiger partial charge in [0.2, 0.25) is 0 Å². The van der Waals surface area contributed by atoms with Gasteiger partial charge in [-0.1, -0.05) is 44.0 Å². The summed E-state index contributed by atoms with van der Waals surface area (Å²) >= 11 is 0. The van der Waals surface area contributed by atoms with E-state index < -0.39 is 0 Å². The summed E-state index contributed by atoms with van der Waals surface area (Å²) in [5.74, 6) is 2.12. The molecule has 0 spiro atoms. The number of anilines is 1. The van der Waals surface area contributed by atoms with E-state index in [9.17, 15) is 0 Å². The van der Waals surface area contributed by atoms with Crippen molar-refractivity contribution in [2.75, 3.05) is 5.73 Å². The number of nitrogen functional groups attached to an aromatic ring is 1. The average molecular weight is 255 g/mol. The molecule has 0 aliphatic heterocycles. The van der Waals surface area contributed by atoms with Crippen molar-refractivity contribution in [3.63, 3.8) is 0 Å². The van der Waals surface area contributed by atoms with Crippen LogP contribution in [0.4, 0.5) is 5.82 Å². The van der Waals surface area contributed by atoms with Crippen LogP contribution in [0.15, 0.2) is 30.3 Å². The highest BCUT2D eigenvalue weighted by atomic mass is 15.2. The first-order valence-corrected chi connectivity index (χ1v) is 7.14. The van der Waals surface area contributed by atoms with Crippen molar-refractivity contribution in [2.45, 2.75) is 38.5 Å². The van der Waals surface area contributed by atoms with E-state index in [2.05, 4.69) is 41.4 Å². The van der Waals surface area contributed by atoms with Crippen LogP contribution in [0.1, 0.15) is 44.1 Å². The van der Waals surface area contributed by atoms with E-state index in [1.54, 1.807) is 0 Å². The molecule has 1 fully saturated rings. The number of nitrogens with zero attached hydrogens (tertiary/aromatic N) is 1. The van der Waals surface area contributed by atoms with Gasteiger partial charge in [-0.15, -0.1) is 0 Å². The fraction of sp³-hybridized carbons (Fsp3) is 0.438. The van der Waals surface area contributed by atoms with Gasteiger partial charge in [0, 0.05) is 11.6 Å². The Morgan fingerprint density at radius 1 is 1.16 bits per heavy atom.